The molecule has 0 radical (unpaired) electrons. The van der Waals surface area contributed by atoms with Crippen molar-refractivity contribution in [1.29, 1.82) is 0 Å². The van der Waals surface area contributed by atoms with Gasteiger partial charge in [0.05, 0.1) is 23.7 Å². The van der Waals surface area contributed by atoms with Gasteiger partial charge in [-0.25, -0.2) is 0 Å². The molecular weight excluding hydrogens is 420 g/mol. The lowest BCUT2D eigenvalue weighted by atomic mass is 10.1. The van der Waals surface area contributed by atoms with Gasteiger partial charge in [-0.3, -0.25) is 29.8 Å². The number of benzene rings is 1. The minimum absolute atomic E-state index is 0.175. The van der Waals surface area contributed by atoms with Crippen LogP contribution in [0.3, 0.4) is 0 Å². The van der Waals surface area contributed by atoms with Gasteiger partial charge < -0.3 is 0 Å². The van der Waals surface area contributed by atoms with Crippen LogP contribution in [0.1, 0.15) is 37.8 Å². The maximum atomic E-state index is 4.70. The summed E-state index contributed by atoms with van der Waals surface area (Å²) >= 11 is 0. The van der Waals surface area contributed by atoms with Crippen molar-refractivity contribution in [1.82, 2.24) is 9.80 Å². The number of hydrogen-bond donors (Lipinski definition) is 0. The Balaban J connectivity index is 1.52. The molecule has 2 atom stereocenters. The fourth-order valence-corrected chi connectivity index (χ4v) is 3.11. The van der Waals surface area contributed by atoms with Crippen molar-refractivity contribution in [2.45, 2.75) is 39.0 Å². The molecule has 0 saturated carbocycles. The molecule has 0 aromatic heterocycles. The van der Waals surface area contributed by atoms with Gasteiger partial charge in [-0.15, -0.1) is 0 Å². The van der Waals surface area contributed by atoms with Crippen molar-refractivity contribution in [2.75, 3.05) is 28.2 Å². The van der Waals surface area contributed by atoms with Gasteiger partial charge in [0.25, 0.3) is 0 Å². The maximum Gasteiger partial charge on any atom is 0.0989 e. The van der Waals surface area contributed by atoms with Crippen LogP contribution in [0.25, 0.3) is 0 Å². The average molecular weight is 457 g/mol. The Labute approximate surface area is 204 Å². The normalized spacial score (nSPS) is 20.7. The molecule has 0 aliphatic heterocycles. The van der Waals surface area contributed by atoms with E-state index in [0.717, 1.165) is 46.8 Å². The van der Waals surface area contributed by atoms with Crippen LogP contribution in [0.4, 0.5) is 0 Å². The van der Waals surface area contributed by atoms with Crippen LogP contribution in [-0.4, -0.2) is 74.2 Å². The topological polar surface area (TPSA) is 55.9 Å². The third-order valence-electron chi connectivity index (χ3n) is 5.80. The number of rotatable bonds is 8. The van der Waals surface area contributed by atoms with E-state index in [2.05, 4.69) is 82.2 Å². The van der Waals surface area contributed by atoms with Gasteiger partial charge in [0, 0.05) is 36.7 Å². The summed E-state index contributed by atoms with van der Waals surface area (Å²) < 4.78 is 0. The SMILES string of the molecule is CC(N=C1C=CC(N=Cc2ccc(C=NC3=CCC(=NC(C)N(C)C)C=C3)cc2)=CC1)N(C)C. The fourth-order valence-electron chi connectivity index (χ4n) is 3.11. The molecule has 0 saturated heterocycles. The molecule has 2 aliphatic carbocycles. The third kappa shape index (κ3) is 7.97. The molecule has 6 heteroatoms. The van der Waals surface area contributed by atoms with Crippen LogP contribution in [-0.2, 0) is 0 Å². The molecular formula is C28H36N6. The molecule has 2 aliphatic rings. The second kappa shape index (κ2) is 12.3. The second-order valence-electron chi connectivity index (χ2n) is 8.95. The zero-order valence-corrected chi connectivity index (χ0v) is 21.2. The van der Waals surface area contributed by atoms with Crippen LogP contribution >= 0.6 is 0 Å². The fraction of sp³-hybridized carbons (Fsp3) is 0.357. The molecule has 0 heterocycles. The first kappa shape index (κ1) is 25.4. The van der Waals surface area contributed by atoms with Crippen molar-refractivity contribution in [3.63, 3.8) is 0 Å². The predicted octanol–water partition coefficient (Wildman–Crippen LogP) is 4.91. The van der Waals surface area contributed by atoms with E-state index in [4.69, 9.17) is 9.98 Å². The van der Waals surface area contributed by atoms with Gasteiger partial charge in [-0.2, -0.15) is 0 Å². The van der Waals surface area contributed by atoms with Crippen LogP contribution in [0.15, 0.2) is 92.1 Å². The second-order valence-corrected chi connectivity index (χ2v) is 8.95. The summed E-state index contributed by atoms with van der Waals surface area (Å²) in [5, 5.41) is 0. The van der Waals surface area contributed by atoms with E-state index in [1.807, 2.05) is 52.8 Å². The summed E-state index contributed by atoms with van der Waals surface area (Å²) in [5.74, 6) is 0. The molecule has 0 amide bonds. The van der Waals surface area contributed by atoms with Crippen LogP contribution in [0.5, 0.6) is 0 Å². The minimum atomic E-state index is 0.175. The third-order valence-corrected chi connectivity index (χ3v) is 5.80. The molecule has 0 N–H and O–H groups in total. The van der Waals surface area contributed by atoms with E-state index in [1.54, 1.807) is 0 Å². The molecule has 1 aromatic carbocycles. The Morgan fingerprint density at radius 3 is 1.32 bits per heavy atom. The molecule has 178 valence electrons. The molecule has 0 fully saturated rings. The lowest BCUT2D eigenvalue weighted by Gasteiger charge is -2.17. The number of hydrogen-bond acceptors (Lipinski definition) is 6. The van der Waals surface area contributed by atoms with E-state index in [0.29, 0.717) is 0 Å². The lowest BCUT2D eigenvalue weighted by Crippen LogP contribution is -2.23. The largest absolute Gasteiger partial charge is 0.288 e. The Morgan fingerprint density at radius 2 is 1.03 bits per heavy atom. The maximum absolute atomic E-state index is 4.70. The molecule has 1 aromatic rings. The summed E-state index contributed by atoms with van der Waals surface area (Å²) in [4.78, 5) is 22.8. The Morgan fingerprint density at radius 1 is 0.647 bits per heavy atom. The zero-order chi connectivity index (χ0) is 24.5. The van der Waals surface area contributed by atoms with Crippen molar-refractivity contribution >= 4 is 23.9 Å². The van der Waals surface area contributed by atoms with Crippen LogP contribution in [0, 0.1) is 0 Å². The highest BCUT2D eigenvalue weighted by Gasteiger charge is 2.07. The monoisotopic (exact) mass is 456 g/mol. The van der Waals surface area contributed by atoms with Gasteiger partial charge in [-0.1, -0.05) is 36.4 Å². The van der Waals surface area contributed by atoms with E-state index in [-0.39, 0.29) is 12.3 Å². The molecule has 0 spiro atoms. The number of allylic oxidation sites excluding steroid dienone is 6. The summed E-state index contributed by atoms with van der Waals surface area (Å²) in [6.45, 7) is 4.18. The van der Waals surface area contributed by atoms with E-state index >= 15 is 0 Å². The first-order chi connectivity index (χ1) is 16.3. The van der Waals surface area contributed by atoms with Crippen molar-refractivity contribution in [2.24, 2.45) is 20.0 Å². The van der Waals surface area contributed by atoms with E-state index in [9.17, 15) is 0 Å². The molecule has 2 unspecified atom stereocenters. The van der Waals surface area contributed by atoms with Crippen LogP contribution in [0.2, 0.25) is 0 Å². The average Bonchev–Trinajstić information content (AvgIpc) is 2.83. The standard InChI is InChI=1S/C28H36N6/c1-21(33(3)4)31-27-15-11-25(12-16-27)29-19-23-7-9-24(10-8-23)20-30-26-13-17-28(18-14-26)32-22(2)34(5)6/h7-15,17,19-22H,16,18H2,1-6H3. The van der Waals surface area contributed by atoms with Gasteiger partial charge >= 0.3 is 0 Å². The van der Waals surface area contributed by atoms with Gasteiger partial charge in [0.2, 0.25) is 0 Å². The molecule has 3 rings (SSSR count). The number of aliphatic imine (C=N–C) groups is 4. The van der Waals surface area contributed by atoms with Crippen molar-refractivity contribution < 1.29 is 0 Å². The summed E-state index contributed by atoms with van der Waals surface area (Å²) in [7, 11) is 8.14. The molecule has 34 heavy (non-hydrogen) atoms. The Hall–Kier alpha value is -3.22. The molecule has 6 nitrogen and oxygen atoms in total. The highest BCUT2D eigenvalue weighted by atomic mass is 15.2. The van der Waals surface area contributed by atoms with Crippen molar-refractivity contribution in [3.8, 4) is 0 Å². The van der Waals surface area contributed by atoms with Gasteiger partial charge in [0.1, 0.15) is 0 Å². The Kier molecular flexibility index (Phi) is 9.19. The van der Waals surface area contributed by atoms with Gasteiger partial charge in [0.15, 0.2) is 0 Å². The first-order valence-corrected chi connectivity index (χ1v) is 11.7. The Bertz CT molecular complexity index is 991. The summed E-state index contributed by atoms with van der Waals surface area (Å²) in [6.07, 6.45) is 18.1. The quantitative estimate of drug-likeness (QED) is 0.522. The highest BCUT2D eigenvalue weighted by molar-refractivity contribution is 5.98. The summed E-state index contributed by atoms with van der Waals surface area (Å²) in [5.41, 5.74) is 6.19. The predicted molar refractivity (Wildman–Crippen MR) is 146 cm³/mol. The van der Waals surface area contributed by atoms with E-state index in [1.165, 1.54) is 0 Å². The van der Waals surface area contributed by atoms with Crippen LogP contribution < -0.4 is 0 Å². The van der Waals surface area contributed by atoms with Gasteiger partial charge in [-0.05, 0) is 77.5 Å². The molecule has 0 bridgehead atoms. The van der Waals surface area contributed by atoms with E-state index < -0.39 is 0 Å². The minimum Gasteiger partial charge on any atom is -0.288 e. The lowest BCUT2D eigenvalue weighted by molar-refractivity contribution is 0.324. The smallest absolute Gasteiger partial charge is 0.0989 e. The zero-order valence-electron chi connectivity index (χ0n) is 21.2. The first-order valence-electron chi connectivity index (χ1n) is 11.7. The summed E-state index contributed by atoms with van der Waals surface area (Å²) in [6, 6.07) is 8.23. The van der Waals surface area contributed by atoms with Crippen molar-refractivity contribution in [3.05, 3.63) is 83.2 Å². The highest BCUT2D eigenvalue weighted by Crippen LogP contribution is 2.13. The number of nitrogens with zero attached hydrogens (tertiary/aromatic N) is 6.